The molecular formula is C20H20FN3O3. The first-order valence-electron chi connectivity index (χ1n) is 8.85. The van der Waals surface area contributed by atoms with E-state index in [1.165, 1.54) is 12.1 Å². The number of likely N-dealkylation sites (tertiary alicyclic amines) is 1. The predicted octanol–water partition coefficient (Wildman–Crippen LogP) is 2.49. The van der Waals surface area contributed by atoms with Crippen LogP contribution in [0.4, 0.5) is 4.39 Å². The highest BCUT2D eigenvalue weighted by atomic mass is 19.1. The molecule has 0 aliphatic carbocycles. The highest BCUT2D eigenvalue weighted by molar-refractivity contribution is 5.92. The molecule has 4 rings (SSSR count). The molecule has 27 heavy (non-hydrogen) atoms. The van der Waals surface area contributed by atoms with Crippen molar-refractivity contribution >= 4 is 16.9 Å². The monoisotopic (exact) mass is 369 g/mol. The van der Waals surface area contributed by atoms with Crippen LogP contribution in [0.25, 0.3) is 10.9 Å². The Morgan fingerprint density at radius 3 is 2.70 bits per heavy atom. The van der Waals surface area contributed by atoms with E-state index < -0.39 is 5.97 Å². The number of fused-ring (bicyclic) bond motifs is 1. The Hall–Kier alpha value is -2.77. The lowest BCUT2D eigenvalue weighted by Crippen LogP contribution is -2.21. The number of rotatable bonds is 5. The second-order valence-corrected chi connectivity index (χ2v) is 6.98. The van der Waals surface area contributed by atoms with E-state index in [1.54, 1.807) is 24.4 Å². The van der Waals surface area contributed by atoms with Gasteiger partial charge in [0.05, 0.1) is 17.8 Å². The molecule has 140 valence electrons. The van der Waals surface area contributed by atoms with Gasteiger partial charge in [-0.2, -0.15) is 0 Å². The van der Waals surface area contributed by atoms with Crippen molar-refractivity contribution in [2.75, 3.05) is 13.1 Å². The smallest absolute Gasteiger partial charge is 0.354 e. The molecule has 0 bridgehead atoms. The first-order valence-corrected chi connectivity index (χ1v) is 8.85. The molecule has 3 heterocycles. The van der Waals surface area contributed by atoms with E-state index in [0.717, 1.165) is 35.0 Å². The molecule has 0 unspecified atom stereocenters. The molecule has 6 nitrogen and oxygen atoms in total. The van der Waals surface area contributed by atoms with Gasteiger partial charge in [-0.15, -0.1) is 0 Å². The third kappa shape index (κ3) is 3.70. The summed E-state index contributed by atoms with van der Waals surface area (Å²) in [5, 5.41) is 19.9. The Morgan fingerprint density at radius 2 is 2.04 bits per heavy atom. The Balaban J connectivity index is 1.72. The minimum atomic E-state index is -1.06. The quantitative estimate of drug-likeness (QED) is 0.722. The number of pyridine rings is 1. The van der Waals surface area contributed by atoms with Gasteiger partial charge in [0.15, 0.2) is 0 Å². The Kier molecular flexibility index (Phi) is 4.63. The average molecular weight is 369 g/mol. The van der Waals surface area contributed by atoms with Crippen LogP contribution >= 0.6 is 0 Å². The van der Waals surface area contributed by atoms with Crippen LogP contribution in [0.2, 0.25) is 0 Å². The van der Waals surface area contributed by atoms with Gasteiger partial charge in [-0.05, 0) is 35.7 Å². The fourth-order valence-corrected chi connectivity index (χ4v) is 3.62. The number of halogens is 1. The van der Waals surface area contributed by atoms with Crippen molar-refractivity contribution in [3.8, 4) is 0 Å². The van der Waals surface area contributed by atoms with Crippen LogP contribution in [0.5, 0.6) is 0 Å². The lowest BCUT2D eigenvalue weighted by atomic mass is 10.1. The third-order valence-electron chi connectivity index (χ3n) is 4.98. The number of aliphatic hydroxyl groups is 1. The highest BCUT2D eigenvalue weighted by Crippen LogP contribution is 2.25. The largest absolute Gasteiger partial charge is 0.477 e. The first kappa shape index (κ1) is 17.6. The number of nitrogens with zero attached hydrogens (tertiary/aromatic N) is 3. The van der Waals surface area contributed by atoms with Crippen molar-refractivity contribution in [2.24, 2.45) is 0 Å². The van der Waals surface area contributed by atoms with E-state index in [2.05, 4.69) is 9.88 Å². The summed E-state index contributed by atoms with van der Waals surface area (Å²) in [6, 6.07) is 7.91. The summed E-state index contributed by atoms with van der Waals surface area (Å²) in [6.07, 6.45) is 4.00. The van der Waals surface area contributed by atoms with Crippen LogP contribution < -0.4 is 0 Å². The Bertz CT molecular complexity index is 984. The van der Waals surface area contributed by atoms with E-state index in [-0.39, 0.29) is 17.6 Å². The maximum absolute atomic E-state index is 13.2. The number of hydrogen-bond donors (Lipinski definition) is 2. The Labute approximate surface area is 155 Å². The summed E-state index contributed by atoms with van der Waals surface area (Å²) in [5.41, 5.74) is 2.77. The van der Waals surface area contributed by atoms with E-state index in [0.29, 0.717) is 19.6 Å². The topological polar surface area (TPSA) is 78.6 Å². The van der Waals surface area contributed by atoms with E-state index >= 15 is 0 Å². The molecule has 1 aromatic carbocycles. The van der Waals surface area contributed by atoms with Gasteiger partial charge in [0.25, 0.3) is 0 Å². The zero-order valence-corrected chi connectivity index (χ0v) is 14.7. The minimum Gasteiger partial charge on any atom is -0.477 e. The van der Waals surface area contributed by atoms with Crippen LogP contribution in [0.15, 0.2) is 42.7 Å². The lowest BCUT2D eigenvalue weighted by Gasteiger charge is -2.14. The van der Waals surface area contributed by atoms with Gasteiger partial charge in [-0.3, -0.25) is 4.90 Å². The molecule has 0 amide bonds. The molecule has 1 atom stereocenters. The molecule has 3 aromatic rings. The number of carbonyl (C=O) groups is 1. The fraction of sp³-hybridized carbons (Fsp3) is 0.300. The molecule has 1 aliphatic rings. The zero-order chi connectivity index (χ0) is 19.0. The molecule has 1 aliphatic heterocycles. The SMILES string of the molecule is O=C(O)c1cc2c(CN3CC[C@H](O)C3)cn(Cc3ccc(F)cc3)c2cn1. The number of carboxylic acid groups (broad SMARTS) is 1. The summed E-state index contributed by atoms with van der Waals surface area (Å²) in [7, 11) is 0. The summed E-state index contributed by atoms with van der Waals surface area (Å²) >= 11 is 0. The molecule has 7 heteroatoms. The molecule has 1 saturated heterocycles. The van der Waals surface area contributed by atoms with E-state index in [1.807, 2.05) is 10.8 Å². The van der Waals surface area contributed by atoms with Crippen molar-refractivity contribution in [3.63, 3.8) is 0 Å². The molecule has 0 spiro atoms. The van der Waals surface area contributed by atoms with Gasteiger partial charge in [-0.1, -0.05) is 12.1 Å². The average Bonchev–Trinajstić information content (AvgIpc) is 3.20. The van der Waals surface area contributed by atoms with Crippen LogP contribution in [0.1, 0.15) is 28.0 Å². The first-order chi connectivity index (χ1) is 13.0. The third-order valence-corrected chi connectivity index (χ3v) is 4.98. The second-order valence-electron chi connectivity index (χ2n) is 6.98. The van der Waals surface area contributed by atoms with Crippen LogP contribution in [0.3, 0.4) is 0 Å². The highest BCUT2D eigenvalue weighted by Gasteiger charge is 2.22. The molecule has 0 radical (unpaired) electrons. The van der Waals surface area contributed by atoms with Crippen LogP contribution in [-0.4, -0.2) is 49.8 Å². The molecule has 1 fully saturated rings. The summed E-state index contributed by atoms with van der Waals surface area (Å²) in [5.74, 6) is -1.34. The summed E-state index contributed by atoms with van der Waals surface area (Å²) in [4.78, 5) is 17.5. The van der Waals surface area contributed by atoms with Gasteiger partial charge >= 0.3 is 5.97 Å². The number of aromatic carboxylic acids is 1. The maximum atomic E-state index is 13.2. The van der Waals surface area contributed by atoms with E-state index in [4.69, 9.17) is 0 Å². The van der Waals surface area contributed by atoms with Crippen LogP contribution in [-0.2, 0) is 13.1 Å². The Morgan fingerprint density at radius 1 is 1.26 bits per heavy atom. The predicted molar refractivity (Wildman–Crippen MR) is 98.1 cm³/mol. The maximum Gasteiger partial charge on any atom is 0.354 e. The zero-order valence-electron chi connectivity index (χ0n) is 14.7. The number of benzene rings is 1. The molecule has 2 aromatic heterocycles. The summed E-state index contributed by atoms with van der Waals surface area (Å²) in [6.45, 7) is 2.59. The minimum absolute atomic E-state index is 0.00439. The lowest BCUT2D eigenvalue weighted by molar-refractivity contribution is 0.0690. The number of hydrogen-bond acceptors (Lipinski definition) is 4. The number of carboxylic acids is 1. The van der Waals surface area contributed by atoms with E-state index in [9.17, 15) is 19.4 Å². The van der Waals surface area contributed by atoms with Gasteiger partial charge in [0, 0.05) is 37.8 Å². The van der Waals surface area contributed by atoms with Crippen molar-refractivity contribution in [3.05, 3.63) is 65.4 Å². The van der Waals surface area contributed by atoms with Crippen molar-refractivity contribution in [1.82, 2.24) is 14.5 Å². The fourth-order valence-electron chi connectivity index (χ4n) is 3.62. The van der Waals surface area contributed by atoms with Gasteiger partial charge in [0.2, 0.25) is 0 Å². The summed E-state index contributed by atoms with van der Waals surface area (Å²) < 4.78 is 15.2. The number of β-amino-alcohol motifs (C(OH)–C–C–N with tert-alkyl or cyclic N) is 1. The standard InChI is InChI=1S/C20H20FN3O3/c21-15-3-1-13(2-4-15)9-24-11-14(10-23-6-5-16(25)12-23)17-7-18(20(26)27)22-8-19(17)24/h1-4,7-8,11,16,25H,5-6,9-10,12H2,(H,26,27)/t16-/m0/s1. The second kappa shape index (κ2) is 7.09. The van der Waals surface area contributed by atoms with Gasteiger partial charge < -0.3 is 14.8 Å². The molecule has 2 N–H and O–H groups in total. The normalized spacial score (nSPS) is 17.6. The van der Waals surface area contributed by atoms with Crippen molar-refractivity contribution < 1.29 is 19.4 Å². The number of aromatic nitrogens is 2. The number of aliphatic hydroxyl groups excluding tert-OH is 1. The molecular weight excluding hydrogens is 349 g/mol. The van der Waals surface area contributed by atoms with Gasteiger partial charge in [0.1, 0.15) is 11.5 Å². The molecule has 0 saturated carbocycles. The van der Waals surface area contributed by atoms with Crippen LogP contribution in [0, 0.1) is 5.82 Å². The van der Waals surface area contributed by atoms with Crippen molar-refractivity contribution in [1.29, 1.82) is 0 Å². The van der Waals surface area contributed by atoms with Crippen molar-refractivity contribution in [2.45, 2.75) is 25.6 Å². The van der Waals surface area contributed by atoms with Gasteiger partial charge in [-0.25, -0.2) is 14.2 Å².